The van der Waals surface area contributed by atoms with Gasteiger partial charge < -0.3 is 4.90 Å². The van der Waals surface area contributed by atoms with E-state index < -0.39 is 0 Å². The zero-order valence-electron chi connectivity index (χ0n) is 14.1. The van der Waals surface area contributed by atoms with Crippen LogP contribution in [0.1, 0.15) is 97.3 Å². The van der Waals surface area contributed by atoms with Crippen molar-refractivity contribution in [1.29, 1.82) is 0 Å². The van der Waals surface area contributed by atoms with Crippen LogP contribution in [-0.4, -0.2) is 25.0 Å². The maximum Gasteiger partial charge on any atom is -0.00218 e. The van der Waals surface area contributed by atoms with Crippen LogP contribution in [0, 0.1) is 0 Å². The molecule has 0 bridgehead atoms. The number of nitrogens with zero attached hydrogens (tertiary/aromatic N) is 1. The maximum absolute atomic E-state index is 2.52. The van der Waals surface area contributed by atoms with Gasteiger partial charge in [-0.2, -0.15) is 0 Å². The van der Waals surface area contributed by atoms with Gasteiger partial charge in [0.15, 0.2) is 0 Å². The highest BCUT2D eigenvalue weighted by molar-refractivity contribution is 4.54. The Balaban J connectivity index is 3.07. The van der Waals surface area contributed by atoms with Gasteiger partial charge in [0.05, 0.1) is 0 Å². The highest BCUT2D eigenvalue weighted by Crippen LogP contribution is 2.10. The summed E-state index contributed by atoms with van der Waals surface area (Å²) in [5.41, 5.74) is 0. The van der Waals surface area contributed by atoms with Crippen LogP contribution in [0.25, 0.3) is 0 Å². The lowest BCUT2D eigenvalue weighted by molar-refractivity contribution is 0.314. The minimum Gasteiger partial charge on any atom is -0.306 e. The van der Waals surface area contributed by atoms with Crippen LogP contribution in [0.3, 0.4) is 0 Å². The van der Waals surface area contributed by atoms with Crippen LogP contribution in [0.2, 0.25) is 0 Å². The molecule has 0 saturated carbocycles. The Kier molecular flexibility index (Phi) is 16.0. The number of unbranched alkanes of at least 4 members (excludes halogenated alkanes) is 11. The average Bonchev–Trinajstić information content (AvgIpc) is 2.42. The van der Waals surface area contributed by atoms with E-state index in [1.807, 2.05) is 0 Å². The molecule has 0 amide bonds. The van der Waals surface area contributed by atoms with Crippen LogP contribution >= 0.6 is 0 Å². The molecule has 0 rings (SSSR count). The van der Waals surface area contributed by atoms with E-state index in [-0.39, 0.29) is 0 Å². The third-order valence-electron chi connectivity index (χ3n) is 4.04. The Bertz CT molecular complexity index is 156. The second kappa shape index (κ2) is 16.0. The lowest BCUT2D eigenvalue weighted by Gasteiger charge is -2.16. The predicted molar refractivity (Wildman–Crippen MR) is 88.9 cm³/mol. The highest BCUT2D eigenvalue weighted by atomic mass is 15.1. The molecule has 0 aromatic rings. The van der Waals surface area contributed by atoms with Gasteiger partial charge in [-0.1, -0.05) is 84.5 Å². The van der Waals surface area contributed by atoms with E-state index in [1.54, 1.807) is 0 Å². The van der Waals surface area contributed by atoms with Crippen molar-refractivity contribution in [3.63, 3.8) is 0 Å². The third kappa shape index (κ3) is 15.9. The molecule has 0 aromatic carbocycles. The van der Waals surface area contributed by atoms with Crippen LogP contribution in [0.4, 0.5) is 0 Å². The monoisotopic (exact) mass is 269 g/mol. The first kappa shape index (κ1) is 19.0. The van der Waals surface area contributed by atoms with Gasteiger partial charge in [-0.3, -0.25) is 0 Å². The van der Waals surface area contributed by atoms with Crippen molar-refractivity contribution in [3.8, 4) is 0 Å². The van der Waals surface area contributed by atoms with Crippen LogP contribution in [0.15, 0.2) is 0 Å². The molecule has 0 aliphatic rings. The van der Waals surface area contributed by atoms with Crippen molar-refractivity contribution in [2.75, 3.05) is 20.1 Å². The molecular formula is C18H39N. The standard InChI is InChI=1S/C18H39N/c1-4-6-8-10-11-12-13-14-16-18-19(3)17-15-9-7-5-2/h4-18H2,1-3H3. The summed E-state index contributed by atoms with van der Waals surface area (Å²) < 4.78 is 0. The average molecular weight is 270 g/mol. The Morgan fingerprint density at radius 3 is 1.21 bits per heavy atom. The Labute approximate surface area is 123 Å². The van der Waals surface area contributed by atoms with Gasteiger partial charge in [0, 0.05) is 0 Å². The molecule has 0 N–H and O–H groups in total. The van der Waals surface area contributed by atoms with Crippen molar-refractivity contribution in [2.45, 2.75) is 97.3 Å². The summed E-state index contributed by atoms with van der Waals surface area (Å²) >= 11 is 0. The molecule has 0 atom stereocenters. The van der Waals surface area contributed by atoms with E-state index >= 15 is 0 Å². The second-order valence-electron chi connectivity index (χ2n) is 6.19. The van der Waals surface area contributed by atoms with Gasteiger partial charge in [-0.25, -0.2) is 0 Å². The smallest absolute Gasteiger partial charge is 0.00218 e. The highest BCUT2D eigenvalue weighted by Gasteiger charge is 1.98. The normalized spacial score (nSPS) is 11.4. The van der Waals surface area contributed by atoms with E-state index in [0.717, 1.165) is 0 Å². The summed E-state index contributed by atoms with van der Waals surface area (Å²) in [6.45, 7) is 7.18. The quantitative estimate of drug-likeness (QED) is 0.328. The van der Waals surface area contributed by atoms with Gasteiger partial charge in [0.25, 0.3) is 0 Å². The van der Waals surface area contributed by atoms with E-state index in [9.17, 15) is 0 Å². The fourth-order valence-electron chi connectivity index (χ4n) is 2.61. The van der Waals surface area contributed by atoms with Crippen molar-refractivity contribution in [1.82, 2.24) is 4.90 Å². The van der Waals surface area contributed by atoms with Gasteiger partial charge >= 0.3 is 0 Å². The predicted octanol–water partition coefficient (Wildman–Crippen LogP) is 6.03. The molecule has 19 heavy (non-hydrogen) atoms. The van der Waals surface area contributed by atoms with E-state index in [0.29, 0.717) is 0 Å². The fourth-order valence-corrected chi connectivity index (χ4v) is 2.61. The molecule has 0 aliphatic carbocycles. The lowest BCUT2D eigenvalue weighted by atomic mass is 10.1. The largest absolute Gasteiger partial charge is 0.306 e. The summed E-state index contributed by atoms with van der Waals surface area (Å²) in [5, 5.41) is 0. The van der Waals surface area contributed by atoms with Crippen LogP contribution < -0.4 is 0 Å². The summed E-state index contributed by atoms with van der Waals surface area (Å²) in [5.74, 6) is 0. The molecule has 0 fully saturated rings. The molecule has 0 unspecified atom stereocenters. The molecule has 0 spiro atoms. The van der Waals surface area contributed by atoms with Crippen molar-refractivity contribution < 1.29 is 0 Å². The molecule has 116 valence electrons. The van der Waals surface area contributed by atoms with Crippen LogP contribution in [0.5, 0.6) is 0 Å². The topological polar surface area (TPSA) is 3.24 Å². The van der Waals surface area contributed by atoms with E-state index in [4.69, 9.17) is 0 Å². The zero-order chi connectivity index (χ0) is 14.2. The molecule has 0 radical (unpaired) electrons. The van der Waals surface area contributed by atoms with Gasteiger partial charge in [-0.05, 0) is 33.0 Å². The first-order valence-corrected chi connectivity index (χ1v) is 8.99. The number of hydrogen-bond donors (Lipinski definition) is 0. The molecule has 1 heteroatoms. The Morgan fingerprint density at radius 2 is 0.789 bits per heavy atom. The molecular weight excluding hydrogens is 230 g/mol. The Hall–Kier alpha value is -0.0400. The fraction of sp³-hybridized carbons (Fsp3) is 1.00. The van der Waals surface area contributed by atoms with Gasteiger partial charge in [0.1, 0.15) is 0 Å². The summed E-state index contributed by atoms with van der Waals surface area (Å²) in [7, 11) is 2.29. The van der Waals surface area contributed by atoms with Crippen LogP contribution in [-0.2, 0) is 0 Å². The van der Waals surface area contributed by atoms with Gasteiger partial charge in [0.2, 0.25) is 0 Å². The number of hydrogen-bond acceptors (Lipinski definition) is 1. The first-order chi connectivity index (χ1) is 9.31. The van der Waals surface area contributed by atoms with Crippen molar-refractivity contribution in [3.05, 3.63) is 0 Å². The summed E-state index contributed by atoms with van der Waals surface area (Å²) in [4.78, 5) is 2.52. The molecule has 0 saturated heterocycles. The minimum atomic E-state index is 1.30. The third-order valence-corrected chi connectivity index (χ3v) is 4.04. The maximum atomic E-state index is 2.52. The summed E-state index contributed by atoms with van der Waals surface area (Å²) in [6.07, 6.45) is 18.5. The molecule has 0 aliphatic heterocycles. The summed E-state index contributed by atoms with van der Waals surface area (Å²) in [6, 6.07) is 0. The lowest BCUT2D eigenvalue weighted by Crippen LogP contribution is -2.20. The second-order valence-corrected chi connectivity index (χ2v) is 6.19. The van der Waals surface area contributed by atoms with Crippen molar-refractivity contribution in [2.24, 2.45) is 0 Å². The first-order valence-electron chi connectivity index (χ1n) is 8.99. The zero-order valence-corrected chi connectivity index (χ0v) is 14.1. The SMILES string of the molecule is CCCCCCCCCCCN(C)CCCCCC. The molecule has 0 heterocycles. The van der Waals surface area contributed by atoms with Gasteiger partial charge in [-0.15, -0.1) is 0 Å². The van der Waals surface area contributed by atoms with E-state index in [2.05, 4.69) is 25.8 Å². The number of rotatable bonds is 15. The van der Waals surface area contributed by atoms with E-state index in [1.165, 1.54) is 96.6 Å². The molecule has 0 aromatic heterocycles. The Morgan fingerprint density at radius 1 is 0.474 bits per heavy atom. The minimum absolute atomic E-state index is 1.30. The van der Waals surface area contributed by atoms with Crippen molar-refractivity contribution >= 4 is 0 Å². The molecule has 1 nitrogen and oxygen atoms in total.